The molecule has 79 heavy (non-hydrogen) atoms. The maximum Gasteiger partial charge on any atom is 0.490 e. The zero-order chi connectivity index (χ0) is 58.1. The molecular weight excluding hydrogens is 1170 g/mol. The Labute approximate surface area is 455 Å². The lowest BCUT2D eigenvalue weighted by Crippen LogP contribution is -2.37. The maximum atomic E-state index is 13.1. The molecule has 0 bridgehead atoms. The third-order valence-electron chi connectivity index (χ3n) is 12.3. The van der Waals surface area contributed by atoms with E-state index in [2.05, 4.69) is 63.8 Å². The number of nitrogens with zero attached hydrogens (tertiary/aromatic N) is 3. The number of fused-ring (bicyclic) bond motifs is 1. The zero-order valence-corrected chi connectivity index (χ0v) is 48.5. The molecule has 446 valence electrons. The Morgan fingerprint density at radius 1 is 0.671 bits per heavy atom. The molecule has 11 atom stereocenters. The van der Waals surface area contributed by atoms with Gasteiger partial charge in [0.15, 0.2) is 0 Å². The number of hydrogen-bond acceptors (Lipinski definition) is 20. The number of nitrogens with two attached hydrogens (primary N) is 1. The van der Waals surface area contributed by atoms with Gasteiger partial charge in [0.25, 0.3) is 5.91 Å². The molecule has 3 aromatic rings. The van der Waals surface area contributed by atoms with Crippen molar-refractivity contribution in [2.45, 2.75) is 141 Å². The van der Waals surface area contributed by atoms with Crippen molar-refractivity contribution in [1.82, 2.24) is 24.8 Å². The second-order valence-electron chi connectivity index (χ2n) is 18.7. The summed E-state index contributed by atoms with van der Waals surface area (Å²) in [7, 11) is -36.8. The largest absolute Gasteiger partial charge is 0.490 e. The van der Waals surface area contributed by atoms with Crippen LogP contribution in [0.1, 0.15) is 143 Å². The summed E-state index contributed by atoms with van der Waals surface area (Å²) < 4.78 is 110. The first-order valence-corrected chi connectivity index (χ1v) is 34.4. The molecular formula is C43H70N6O24P6. The Morgan fingerprint density at radius 2 is 1.19 bits per heavy atom. The van der Waals surface area contributed by atoms with Gasteiger partial charge in [0.05, 0.1) is 25.2 Å². The second kappa shape index (κ2) is 30.5. The number of aliphatic hydroxyl groups excluding tert-OH is 1. The van der Waals surface area contributed by atoms with E-state index in [-0.39, 0.29) is 42.3 Å². The van der Waals surface area contributed by atoms with Gasteiger partial charge in [-0.05, 0) is 61.6 Å². The predicted octanol–water partition coefficient (Wildman–Crippen LogP) is 7.17. The van der Waals surface area contributed by atoms with Crippen molar-refractivity contribution in [1.29, 1.82) is 0 Å². The summed E-state index contributed by atoms with van der Waals surface area (Å²) in [5.41, 5.74) is 7.29. The van der Waals surface area contributed by atoms with Crippen LogP contribution in [0.25, 0.3) is 0 Å². The van der Waals surface area contributed by atoms with Crippen LogP contribution in [-0.4, -0.2) is 98.9 Å². The number of unbranched alkanes of at least 4 members (excludes halogenated alkanes) is 12. The molecule has 4 heterocycles. The van der Waals surface area contributed by atoms with E-state index in [1.54, 1.807) is 0 Å². The molecule has 2 aromatic heterocycles. The summed E-state index contributed by atoms with van der Waals surface area (Å²) in [6, 6.07) is 12.9. The Balaban J connectivity index is 0.902. The highest BCUT2D eigenvalue weighted by Gasteiger charge is 2.50. The minimum atomic E-state index is -6.48. The van der Waals surface area contributed by atoms with Crippen LogP contribution in [0.4, 0.5) is 5.82 Å². The van der Waals surface area contributed by atoms with Gasteiger partial charge in [-0.2, -0.15) is 26.5 Å². The molecule has 30 nitrogen and oxygen atoms in total. The zero-order valence-electron chi connectivity index (χ0n) is 43.1. The highest BCUT2D eigenvalue weighted by Crippen LogP contribution is 2.75. The van der Waals surface area contributed by atoms with Gasteiger partial charge in [0, 0.05) is 55.6 Å². The molecule has 1 aromatic carbocycles. The normalized spacial score (nSPS) is 23.0. The first-order chi connectivity index (χ1) is 37.1. The molecule has 0 saturated carbocycles. The molecule has 0 aliphatic carbocycles. The summed E-state index contributed by atoms with van der Waals surface area (Å²) in [6.45, 7) is 2.42. The standard InChI is InChI=1S/C43H70N6O24P6/c1-2-3-4-10-13-24-46-42(52)34-28-35(36-17-16-25-48(36)30-34)32-18-20-33(21-19-32)41(51)45-23-14-11-8-6-5-7-9-12-15-27-66-74(54,55)69-76(58,59)71-78(62,63)73-79(64,65)72-77(60,61)70-75(56,57)67-31-38-37(50)29-40(68-38)49-26-22-39(44)47-43(49)53/h16-22,25-26,34-35,37-38,40,50H,2-15,23-24,27-31H2,1H3,(H,45,51)(H,46,52)(H,54,55)(H,56,57)(H,58,59)(H,60,61)(H,62,63)(H,64,65)(H2,44,47,53)/t34?,35?,37?,38-,40-/m1/s1. The number of phosphoric acid groups is 6. The van der Waals surface area contributed by atoms with Crippen LogP contribution in [0.3, 0.4) is 0 Å². The van der Waals surface area contributed by atoms with E-state index < -0.39 is 84.3 Å². The number of benzene rings is 1. The Kier molecular flexibility index (Phi) is 25.7. The van der Waals surface area contributed by atoms with Gasteiger partial charge in [0.2, 0.25) is 5.91 Å². The number of nitrogen functional groups attached to an aromatic ring is 1. The molecule has 0 radical (unpaired) electrons. The van der Waals surface area contributed by atoms with E-state index in [1.165, 1.54) is 31.5 Å². The molecule has 36 heteroatoms. The van der Waals surface area contributed by atoms with Crippen LogP contribution in [0.15, 0.2) is 59.7 Å². The minimum Gasteiger partial charge on any atom is -0.390 e. The van der Waals surface area contributed by atoms with E-state index in [4.69, 9.17) is 10.5 Å². The summed E-state index contributed by atoms with van der Waals surface area (Å²) in [6.07, 6.45) is 11.6. The van der Waals surface area contributed by atoms with Crippen LogP contribution < -0.4 is 22.1 Å². The monoisotopic (exact) mass is 1240 g/mol. The average molecular weight is 1240 g/mol. The number of aromatic nitrogens is 3. The van der Waals surface area contributed by atoms with Gasteiger partial charge >= 0.3 is 52.6 Å². The van der Waals surface area contributed by atoms with Crippen molar-refractivity contribution in [3.8, 4) is 0 Å². The first-order valence-electron chi connectivity index (χ1n) is 25.4. The predicted molar refractivity (Wildman–Crippen MR) is 280 cm³/mol. The third kappa shape index (κ3) is 23.2. The van der Waals surface area contributed by atoms with Gasteiger partial charge in [-0.15, -0.1) is 0 Å². The molecule has 5 rings (SSSR count). The molecule has 11 N–H and O–H groups in total. The number of hydrogen-bond donors (Lipinski definition) is 10. The fraction of sp³-hybridized carbons (Fsp3) is 0.628. The van der Waals surface area contributed by atoms with E-state index >= 15 is 0 Å². The van der Waals surface area contributed by atoms with Crippen molar-refractivity contribution in [2.75, 3.05) is 32.0 Å². The van der Waals surface area contributed by atoms with E-state index in [0.29, 0.717) is 44.5 Å². The summed E-state index contributed by atoms with van der Waals surface area (Å²) in [4.78, 5) is 100. The summed E-state index contributed by atoms with van der Waals surface area (Å²) in [5.74, 6) is -0.337. The number of amides is 2. The lowest BCUT2D eigenvalue weighted by Gasteiger charge is -2.31. The van der Waals surface area contributed by atoms with Crippen molar-refractivity contribution in [3.05, 3.63) is 82.2 Å². The highest BCUT2D eigenvalue weighted by atomic mass is 31.3. The Morgan fingerprint density at radius 3 is 1.76 bits per heavy atom. The molecule has 2 aliphatic rings. The topological polar surface area (TPSA) is 442 Å². The highest BCUT2D eigenvalue weighted by molar-refractivity contribution is 7.72. The Bertz CT molecular complexity index is 2840. The quantitative estimate of drug-likeness (QED) is 0.0204. The molecule has 2 aliphatic heterocycles. The van der Waals surface area contributed by atoms with Gasteiger partial charge in [-0.3, -0.25) is 23.2 Å². The van der Waals surface area contributed by atoms with Crippen molar-refractivity contribution in [3.63, 3.8) is 0 Å². The molecule has 1 fully saturated rings. The van der Waals surface area contributed by atoms with E-state index in [1.807, 2.05) is 36.5 Å². The molecule has 9 unspecified atom stereocenters. The third-order valence-corrected chi connectivity index (χ3v) is 21.6. The van der Waals surface area contributed by atoms with Crippen LogP contribution in [0.2, 0.25) is 0 Å². The smallest absolute Gasteiger partial charge is 0.390 e. The number of nitrogens with one attached hydrogen (secondary N) is 2. The van der Waals surface area contributed by atoms with Gasteiger partial charge in [-0.25, -0.2) is 32.2 Å². The number of aliphatic hydroxyl groups is 1. The van der Waals surface area contributed by atoms with Crippen LogP contribution in [0.5, 0.6) is 0 Å². The van der Waals surface area contributed by atoms with Gasteiger partial charge in [-0.1, -0.05) is 89.7 Å². The fourth-order valence-corrected chi connectivity index (χ4v) is 16.5. The lowest BCUT2D eigenvalue weighted by molar-refractivity contribution is -0.126. The number of carbonyl (C=O) groups excluding carboxylic acids is 2. The first kappa shape index (κ1) is 66.7. The summed E-state index contributed by atoms with van der Waals surface area (Å²) >= 11 is 0. The number of anilines is 1. The SMILES string of the molecule is CCCCCCCNC(=O)C1CC(c2ccc(C(=O)NCCCCCCCCCCCOP(=O)(O)OP(=O)(O)OP(=O)(O)OP(=O)(O)OP(=O)(O)OP(=O)(O)OC[C@H]3O[C@@H](n4ccc(N)nc4=O)CC3O)cc2)c2cccn2C1. The van der Waals surface area contributed by atoms with E-state index in [9.17, 15) is 76.2 Å². The second-order valence-corrected chi connectivity index (χ2v) is 28.1. The number of phosphoric ester groups is 2. The fourth-order valence-electron chi connectivity index (χ4n) is 8.63. The molecule has 1 saturated heterocycles. The van der Waals surface area contributed by atoms with Crippen LogP contribution in [0, 0.1) is 5.92 Å². The van der Waals surface area contributed by atoms with E-state index in [0.717, 1.165) is 67.2 Å². The summed E-state index contributed by atoms with van der Waals surface area (Å²) in [5, 5.41) is 16.4. The number of rotatable bonds is 36. The minimum absolute atomic E-state index is 0.0296. The van der Waals surface area contributed by atoms with Gasteiger partial charge < -0.3 is 60.1 Å². The number of ether oxygens (including phenoxy) is 1. The van der Waals surface area contributed by atoms with Crippen molar-refractivity contribution in [2.24, 2.45) is 5.92 Å². The van der Waals surface area contributed by atoms with Crippen molar-refractivity contribution >= 4 is 64.6 Å². The van der Waals surface area contributed by atoms with Crippen LogP contribution in [-0.2, 0) is 74.1 Å². The average Bonchev–Trinajstić information content (AvgIpc) is 4.04. The van der Waals surface area contributed by atoms with Crippen LogP contribution >= 0.6 is 46.9 Å². The lowest BCUT2D eigenvalue weighted by atomic mass is 9.83. The van der Waals surface area contributed by atoms with Crippen molar-refractivity contribution < 1.29 is 107 Å². The molecule has 2 amide bonds. The maximum absolute atomic E-state index is 13.1. The Hall–Kier alpha value is -3.10. The number of carbonyl (C=O) groups is 2. The van der Waals surface area contributed by atoms with Gasteiger partial charge in [0.1, 0.15) is 18.1 Å². The molecule has 0 spiro atoms.